The molecular formula is C31H32FNO6. The molecule has 0 saturated heterocycles. The second-order valence-corrected chi connectivity index (χ2v) is 10.1. The molecule has 4 rings (SSSR count). The summed E-state index contributed by atoms with van der Waals surface area (Å²) in [6.45, 7) is 7.76. The quantitative estimate of drug-likeness (QED) is 0.234. The molecule has 0 aliphatic rings. The number of alkyl carbamates (subject to hydrolysis) is 1. The lowest BCUT2D eigenvalue weighted by molar-refractivity contribution is -0.142. The number of carbonyl (C=O) groups excluding carboxylic acids is 2. The number of nitrogens with one attached hydrogen (secondary N) is 1. The van der Waals surface area contributed by atoms with Gasteiger partial charge in [-0.3, -0.25) is 4.79 Å². The van der Waals surface area contributed by atoms with Gasteiger partial charge in [0.1, 0.15) is 29.4 Å². The van der Waals surface area contributed by atoms with E-state index in [1.807, 2.05) is 48.5 Å². The second kappa shape index (κ2) is 12.0. The SMILES string of the molecule is CCOC(=O)Cc1ccccc1OCc1coc2ccc(-c3cc(F)cc(CNC(=O)OC(C)(C)C)c3)cc12. The lowest BCUT2D eigenvalue weighted by atomic mass is 10.0. The van der Waals surface area contributed by atoms with Crippen molar-refractivity contribution in [3.05, 3.63) is 89.4 Å². The monoisotopic (exact) mass is 533 g/mol. The molecule has 0 radical (unpaired) electrons. The predicted molar refractivity (Wildman–Crippen MR) is 146 cm³/mol. The van der Waals surface area contributed by atoms with Gasteiger partial charge in [0.2, 0.25) is 0 Å². The van der Waals surface area contributed by atoms with Crippen LogP contribution >= 0.6 is 0 Å². The summed E-state index contributed by atoms with van der Waals surface area (Å²) in [7, 11) is 0. The van der Waals surface area contributed by atoms with Gasteiger partial charge in [-0.1, -0.05) is 24.3 Å². The highest BCUT2D eigenvalue weighted by Gasteiger charge is 2.16. The molecule has 1 aromatic heterocycles. The Morgan fingerprint density at radius 3 is 2.54 bits per heavy atom. The van der Waals surface area contributed by atoms with Gasteiger partial charge in [-0.05, 0) is 80.8 Å². The zero-order chi connectivity index (χ0) is 28.0. The lowest BCUT2D eigenvalue weighted by Gasteiger charge is -2.19. The number of amides is 1. The fourth-order valence-corrected chi connectivity index (χ4v) is 4.09. The third kappa shape index (κ3) is 7.60. The van der Waals surface area contributed by atoms with Gasteiger partial charge in [-0.25, -0.2) is 9.18 Å². The first-order chi connectivity index (χ1) is 18.6. The van der Waals surface area contributed by atoms with Gasteiger partial charge in [-0.15, -0.1) is 0 Å². The first-order valence-corrected chi connectivity index (χ1v) is 12.7. The molecule has 0 aliphatic heterocycles. The molecule has 1 heterocycles. The number of furan rings is 1. The number of benzene rings is 3. The largest absolute Gasteiger partial charge is 0.488 e. The third-order valence-electron chi connectivity index (χ3n) is 5.78. The summed E-state index contributed by atoms with van der Waals surface area (Å²) in [5.41, 5.74) is 3.63. The molecular weight excluding hydrogens is 501 g/mol. The Kier molecular flexibility index (Phi) is 8.54. The van der Waals surface area contributed by atoms with Crippen molar-refractivity contribution in [3.63, 3.8) is 0 Å². The van der Waals surface area contributed by atoms with E-state index in [9.17, 15) is 14.0 Å². The molecule has 4 aromatic rings. The summed E-state index contributed by atoms with van der Waals surface area (Å²) in [4.78, 5) is 24.0. The summed E-state index contributed by atoms with van der Waals surface area (Å²) in [6.07, 6.45) is 1.18. The molecule has 0 bridgehead atoms. The van der Waals surface area contributed by atoms with Crippen LogP contribution in [0.5, 0.6) is 5.75 Å². The molecule has 204 valence electrons. The molecule has 0 unspecified atom stereocenters. The van der Waals surface area contributed by atoms with E-state index in [1.165, 1.54) is 12.1 Å². The van der Waals surface area contributed by atoms with Crippen molar-refractivity contribution in [3.8, 4) is 16.9 Å². The van der Waals surface area contributed by atoms with Crippen LogP contribution in [0.25, 0.3) is 22.1 Å². The number of fused-ring (bicyclic) bond motifs is 1. The zero-order valence-electron chi connectivity index (χ0n) is 22.5. The highest BCUT2D eigenvalue weighted by atomic mass is 19.1. The van der Waals surface area contributed by atoms with Crippen LogP contribution in [0.15, 0.2) is 71.3 Å². The highest BCUT2D eigenvalue weighted by Crippen LogP contribution is 2.30. The Bertz CT molecular complexity index is 1470. The highest BCUT2D eigenvalue weighted by molar-refractivity contribution is 5.86. The summed E-state index contributed by atoms with van der Waals surface area (Å²) in [5.74, 6) is -0.145. The standard InChI is InChI=1S/C31H32FNO6/c1-5-36-29(34)16-22-8-6-7-9-27(22)37-18-24-19-38-28-11-10-21(15-26(24)28)23-12-20(13-25(32)14-23)17-33-30(35)39-31(2,3)4/h6-15,19H,5,16-18H2,1-4H3,(H,33,35). The van der Waals surface area contributed by atoms with Crippen LogP contribution in [-0.4, -0.2) is 24.3 Å². The smallest absolute Gasteiger partial charge is 0.407 e. The summed E-state index contributed by atoms with van der Waals surface area (Å²) in [5, 5.41) is 3.49. The van der Waals surface area contributed by atoms with Crippen molar-refractivity contribution in [1.29, 1.82) is 0 Å². The number of halogens is 1. The fraction of sp³-hybridized carbons (Fsp3) is 0.290. The Morgan fingerprint density at radius 1 is 0.974 bits per heavy atom. The molecule has 7 nitrogen and oxygen atoms in total. The molecule has 0 atom stereocenters. The van der Waals surface area contributed by atoms with Crippen molar-refractivity contribution < 1.29 is 32.6 Å². The minimum absolute atomic E-state index is 0.116. The maximum absolute atomic E-state index is 14.5. The van der Waals surface area contributed by atoms with Crippen molar-refractivity contribution in [1.82, 2.24) is 5.32 Å². The molecule has 0 spiro atoms. The number of para-hydroxylation sites is 1. The van der Waals surface area contributed by atoms with E-state index in [1.54, 1.807) is 34.0 Å². The number of carbonyl (C=O) groups is 2. The second-order valence-electron chi connectivity index (χ2n) is 10.1. The topological polar surface area (TPSA) is 87.0 Å². The van der Waals surface area contributed by atoms with Gasteiger partial charge in [-0.2, -0.15) is 0 Å². The first-order valence-electron chi connectivity index (χ1n) is 12.7. The fourth-order valence-electron chi connectivity index (χ4n) is 4.09. The van der Waals surface area contributed by atoms with Gasteiger partial charge in [0.25, 0.3) is 0 Å². The Morgan fingerprint density at radius 2 is 1.77 bits per heavy atom. The molecule has 8 heteroatoms. The molecule has 0 saturated carbocycles. The average molecular weight is 534 g/mol. The number of esters is 1. The molecule has 1 amide bonds. The Hall–Kier alpha value is -4.33. The van der Waals surface area contributed by atoms with Gasteiger partial charge >= 0.3 is 12.1 Å². The van der Waals surface area contributed by atoms with Crippen molar-refractivity contribution in [2.45, 2.75) is 52.9 Å². The Labute approximate surface area is 226 Å². The normalized spacial score (nSPS) is 11.3. The van der Waals surface area contributed by atoms with Crippen molar-refractivity contribution in [2.75, 3.05) is 6.61 Å². The van der Waals surface area contributed by atoms with Crippen LogP contribution in [0.1, 0.15) is 44.4 Å². The van der Waals surface area contributed by atoms with Crippen LogP contribution in [-0.2, 0) is 33.8 Å². The molecule has 1 N–H and O–H groups in total. The molecule has 0 aliphatic carbocycles. The van der Waals surface area contributed by atoms with Gasteiger partial charge in [0, 0.05) is 23.1 Å². The predicted octanol–water partition coefficient (Wildman–Crippen LogP) is 6.95. The maximum atomic E-state index is 14.5. The maximum Gasteiger partial charge on any atom is 0.407 e. The number of hydrogen-bond donors (Lipinski definition) is 1. The van der Waals surface area contributed by atoms with Crippen molar-refractivity contribution in [2.24, 2.45) is 0 Å². The number of ether oxygens (including phenoxy) is 3. The van der Waals surface area contributed by atoms with E-state index in [4.69, 9.17) is 18.6 Å². The molecule has 39 heavy (non-hydrogen) atoms. The van der Waals surface area contributed by atoms with Crippen LogP contribution in [0.3, 0.4) is 0 Å². The van der Waals surface area contributed by atoms with E-state index in [-0.39, 0.29) is 25.5 Å². The van der Waals surface area contributed by atoms with Crippen LogP contribution in [0, 0.1) is 5.82 Å². The lowest BCUT2D eigenvalue weighted by Crippen LogP contribution is -2.32. The van der Waals surface area contributed by atoms with Gasteiger partial charge < -0.3 is 23.9 Å². The zero-order valence-corrected chi connectivity index (χ0v) is 22.5. The van der Waals surface area contributed by atoms with Gasteiger partial charge in [0.15, 0.2) is 0 Å². The van der Waals surface area contributed by atoms with E-state index >= 15 is 0 Å². The van der Waals surface area contributed by atoms with E-state index in [0.29, 0.717) is 29.1 Å². The molecule has 3 aromatic carbocycles. The van der Waals surface area contributed by atoms with Crippen LogP contribution in [0.4, 0.5) is 9.18 Å². The molecule has 0 fully saturated rings. The van der Waals surface area contributed by atoms with E-state index < -0.39 is 17.5 Å². The third-order valence-corrected chi connectivity index (χ3v) is 5.78. The van der Waals surface area contributed by atoms with Gasteiger partial charge in [0.05, 0.1) is 19.3 Å². The van der Waals surface area contributed by atoms with Crippen LogP contribution in [0.2, 0.25) is 0 Å². The number of rotatable bonds is 9. The van der Waals surface area contributed by atoms with E-state index in [0.717, 1.165) is 22.1 Å². The number of hydrogen-bond acceptors (Lipinski definition) is 6. The summed E-state index contributed by atoms with van der Waals surface area (Å²) < 4.78 is 36.6. The first kappa shape index (κ1) is 27.7. The Balaban J connectivity index is 1.52. The summed E-state index contributed by atoms with van der Waals surface area (Å²) >= 11 is 0. The minimum atomic E-state index is -0.623. The van der Waals surface area contributed by atoms with Crippen molar-refractivity contribution >= 4 is 23.0 Å². The van der Waals surface area contributed by atoms with Crippen LogP contribution < -0.4 is 10.1 Å². The average Bonchev–Trinajstić information content (AvgIpc) is 3.28. The minimum Gasteiger partial charge on any atom is -0.488 e. The van der Waals surface area contributed by atoms with E-state index in [2.05, 4.69) is 5.32 Å². The summed E-state index contributed by atoms with van der Waals surface area (Å²) in [6, 6.07) is 17.6.